The van der Waals surface area contributed by atoms with Crippen molar-refractivity contribution in [2.45, 2.75) is 44.1 Å². The van der Waals surface area contributed by atoms with Crippen molar-refractivity contribution in [1.29, 1.82) is 0 Å². The summed E-state index contributed by atoms with van der Waals surface area (Å²) in [6.45, 7) is 6.88. The van der Waals surface area contributed by atoms with Crippen molar-refractivity contribution in [3.8, 4) is 0 Å². The molecule has 2 aliphatic rings. The minimum atomic E-state index is -0.262. The number of hydrogen-bond donors (Lipinski definition) is 0. The summed E-state index contributed by atoms with van der Waals surface area (Å²) in [7, 11) is 6.07. The highest BCUT2D eigenvalue weighted by molar-refractivity contribution is 6.11. The third-order valence-corrected chi connectivity index (χ3v) is 4.44. The van der Waals surface area contributed by atoms with Gasteiger partial charge in [-0.1, -0.05) is 49.4 Å². The van der Waals surface area contributed by atoms with Crippen LogP contribution in [0.25, 0.3) is 0 Å². The van der Waals surface area contributed by atoms with Crippen LogP contribution in [0.15, 0.2) is 42.5 Å². The second-order valence-electron chi connectivity index (χ2n) is 5.58. The van der Waals surface area contributed by atoms with Gasteiger partial charge in [0.2, 0.25) is 0 Å². The molecule has 0 N–H and O–H groups in total. The molecule has 3 rings (SSSR count). The summed E-state index contributed by atoms with van der Waals surface area (Å²) in [5.41, 5.74) is 2.11. The molecule has 4 atom stereocenters. The Morgan fingerprint density at radius 2 is 2.16 bits per heavy atom. The van der Waals surface area contributed by atoms with E-state index in [1.165, 1.54) is 11.1 Å². The Bertz CT molecular complexity index is 473. The zero-order valence-corrected chi connectivity index (χ0v) is 11.3. The molecule has 1 aromatic carbocycles. The van der Waals surface area contributed by atoms with Crippen molar-refractivity contribution >= 4 is 7.85 Å². The lowest BCUT2D eigenvalue weighted by molar-refractivity contribution is -0.0918. The van der Waals surface area contributed by atoms with Gasteiger partial charge in [-0.05, 0) is 12.0 Å². The Morgan fingerprint density at radius 1 is 1.42 bits per heavy atom. The van der Waals surface area contributed by atoms with Crippen LogP contribution in [0.1, 0.15) is 25.3 Å². The maximum atomic E-state index is 6.15. The lowest BCUT2D eigenvalue weighted by Crippen LogP contribution is -2.37. The van der Waals surface area contributed by atoms with Gasteiger partial charge >= 0.3 is 0 Å². The molecule has 2 nitrogen and oxygen atoms in total. The maximum Gasteiger partial charge on any atom is 0.110 e. The summed E-state index contributed by atoms with van der Waals surface area (Å²) < 4.78 is 12.1. The van der Waals surface area contributed by atoms with Crippen LogP contribution in [0.2, 0.25) is 0 Å². The number of ether oxygens (including phenoxy) is 2. The molecule has 1 aromatic rings. The molecule has 1 heterocycles. The van der Waals surface area contributed by atoms with Crippen molar-refractivity contribution in [2.24, 2.45) is 5.92 Å². The summed E-state index contributed by atoms with van der Waals surface area (Å²) in [4.78, 5) is 0. The molecule has 1 saturated heterocycles. The van der Waals surface area contributed by atoms with Gasteiger partial charge in [-0.3, -0.25) is 0 Å². The Balaban J connectivity index is 1.75. The van der Waals surface area contributed by atoms with Gasteiger partial charge in [0.15, 0.2) is 0 Å². The van der Waals surface area contributed by atoms with E-state index >= 15 is 0 Å². The van der Waals surface area contributed by atoms with Crippen LogP contribution >= 0.6 is 0 Å². The molecule has 0 amide bonds. The average molecular weight is 254 g/mol. The minimum Gasteiger partial charge on any atom is -0.378 e. The standard InChI is InChI=1S/C16H19BO2/c1-3-16-9-11(2)13(15(17)19-16)14(16)18-10-12-7-5-4-6-8-12/h4-8,13-15H,2-3,9-10H2,1H3/t13-,14+,15-,16+/m1/s1. The van der Waals surface area contributed by atoms with E-state index in [2.05, 4.69) is 25.6 Å². The molecule has 1 aliphatic heterocycles. The zero-order valence-electron chi connectivity index (χ0n) is 11.3. The summed E-state index contributed by atoms with van der Waals surface area (Å²) in [5, 5.41) is 0. The van der Waals surface area contributed by atoms with E-state index in [-0.39, 0.29) is 23.6 Å². The van der Waals surface area contributed by atoms with Crippen molar-refractivity contribution in [3.63, 3.8) is 0 Å². The first-order valence-electron chi connectivity index (χ1n) is 6.93. The van der Waals surface area contributed by atoms with Crippen LogP contribution in [0.4, 0.5) is 0 Å². The summed E-state index contributed by atoms with van der Waals surface area (Å²) in [6, 6.07) is 9.95. The second kappa shape index (κ2) is 4.80. The molecule has 3 heteroatoms. The number of benzene rings is 1. The zero-order chi connectivity index (χ0) is 13.5. The highest BCUT2D eigenvalue weighted by Gasteiger charge is 2.59. The van der Waals surface area contributed by atoms with E-state index in [0.717, 1.165) is 12.8 Å². The summed E-state index contributed by atoms with van der Waals surface area (Å²) in [6.07, 6.45) is 1.83. The highest BCUT2D eigenvalue weighted by atomic mass is 16.6. The van der Waals surface area contributed by atoms with Crippen molar-refractivity contribution in [2.75, 3.05) is 0 Å². The van der Waals surface area contributed by atoms with E-state index in [1.54, 1.807) is 0 Å². The monoisotopic (exact) mass is 254 g/mol. The molecule has 0 aromatic heterocycles. The van der Waals surface area contributed by atoms with Gasteiger partial charge in [-0.15, -0.1) is 0 Å². The quantitative estimate of drug-likeness (QED) is 0.607. The second-order valence-corrected chi connectivity index (χ2v) is 5.58. The Labute approximate surface area is 116 Å². The molecule has 98 valence electrons. The summed E-state index contributed by atoms with van der Waals surface area (Å²) >= 11 is 0. The lowest BCUT2D eigenvalue weighted by atomic mass is 9.83. The normalized spacial score (nSPS) is 36.9. The first-order valence-corrected chi connectivity index (χ1v) is 6.93. The first kappa shape index (κ1) is 13.0. The Hall–Kier alpha value is -1.06. The van der Waals surface area contributed by atoms with E-state index in [1.807, 2.05) is 18.2 Å². The third kappa shape index (κ3) is 2.05. The predicted molar refractivity (Wildman–Crippen MR) is 75.9 cm³/mol. The van der Waals surface area contributed by atoms with Gasteiger partial charge < -0.3 is 9.47 Å². The van der Waals surface area contributed by atoms with Crippen LogP contribution < -0.4 is 0 Å². The van der Waals surface area contributed by atoms with Gasteiger partial charge in [-0.2, -0.15) is 0 Å². The van der Waals surface area contributed by atoms with Crippen LogP contribution in [0.5, 0.6) is 0 Å². The molecular formula is C16H19BO2. The fourth-order valence-corrected chi connectivity index (χ4v) is 3.43. The molecule has 0 unspecified atom stereocenters. The predicted octanol–water partition coefficient (Wildman–Crippen LogP) is 2.82. The molecule has 0 spiro atoms. The fourth-order valence-electron chi connectivity index (χ4n) is 3.43. The van der Waals surface area contributed by atoms with Crippen LogP contribution in [-0.2, 0) is 16.1 Å². The van der Waals surface area contributed by atoms with E-state index < -0.39 is 0 Å². The van der Waals surface area contributed by atoms with Crippen molar-refractivity contribution < 1.29 is 9.47 Å². The third-order valence-electron chi connectivity index (χ3n) is 4.44. The van der Waals surface area contributed by atoms with Crippen LogP contribution in [0, 0.1) is 5.92 Å². The van der Waals surface area contributed by atoms with Crippen molar-refractivity contribution in [3.05, 3.63) is 48.0 Å². The molecular weight excluding hydrogens is 235 g/mol. The van der Waals surface area contributed by atoms with Crippen molar-refractivity contribution in [1.82, 2.24) is 0 Å². The maximum absolute atomic E-state index is 6.15. The average Bonchev–Trinajstić information content (AvgIpc) is 2.85. The van der Waals surface area contributed by atoms with Gasteiger partial charge in [0.1, 0.15) is 7.85 Å². The molecule has 1 aliphatic carbocycles. The highest BCUT2D eigenvalue weighted by Crippen LogP contribution is 2.53. The topological polar surface area (TPSA) is 18.5 Å². The minimum absolute atomic E-state index is 0.0419. The molecule has 1 saturated carbocycles. The lowest BCUT2D eigenvalue weighted by Gasteiger charge is -2.31. The Morgan fingerprint density at radius 3 is 2.79 bits per heavy atom. The van der Waals surface area contributed by atoms with Gasteiger partial charge in [0, 0.05) is 18.3 Å². The first-order chi connectivity index (χ1) is 9.16. The number of hydrogen-bond acceptors (Lipinski definition) is 2. The fraction of sp³-hybridized carbons (Fsp3) is 0.500. The molecule has 2 fully saturated rings. The van der Waals surface area contributed by atoms with E-state index in [0.29, 0.717) is 6.61 Å². The van der Waals surface area contributed by atoms with Crippen LogP contribution in [0.3, 0.4) is 0 Å². The SMILES string of the molecule is [B][C@@H]1O[C@@]2(CC)CC(=C)[C@@H]1[C@@H]2OCc1ccccc1. The van der Waals surface area contributed by atoms with Gasteiger partial charge in [0.25, 0.3) is 0 Å². The molecule has 2 bridgehead atoms. The summed E-state index contributed by atoms with van der Waals surface area (Å²) in [5.74, 6) is 0.142. The number of fused-ring (bicyclic) bond motifs is 2. The molecule has 2 radical (unpaired) electrons. The van der Waals surface area contributed by atoms with E-state index in [4.69, 9.17) is 17.3 Å². The molecule has 19 heavy (non-hydrogen) atoms. The van der Waals surface area contributed by atoms with Gasteiger partial charge in [0.05, 0.1) is 18.3 Å². The van der Waals surface area contributed by atoms with Crippen LogP contribution in [-0.4, -0.2) is 25.6 Å². The smallest absolute Gasteiger partial charge is 0.110 e. The Kier molecular flexibility index (Phi) is 3.28. The number of rotatable bonds is 4. The van der Waals surface area contributed by atoms with Gasteiger partial charge in [-0.25, -0.2) is 0 Å². The largest absolute Gasteiger partial charge is 0.378 e. The van der Waals surface area contributed by atoms with E-state index in [9.17, 15) is 0 Å².